The van der Waals surface area contributed by atoms with Gasteiger partial charge in [0.2, 0.25) is 0 Å². The quantitative estimate of drug-likeness (QED) is 0.783. The number of methoxy groups -OCH3 is 1. The van der Waals surface area contributed by atoms with Gasteiger partial charge in [-0.05, 0) is 12.8 Å². The van der Waals surface area contributed by atoms with Crippen LogP contribution in [0.3, 0.4) is 0 Å². The zero-order valence-corrected chi connectivity index (χ0v) is 8.39. The van der Waals surface area contributed by atoms with Gasteiger partial charge in [-0.15, -0.1) is 0 Å². The SMILES string of the molecule is COC1CCCCC1n1cc(O)cn1. The second-order valence-corrected chi connectivity index (χ2v) is 3.80. The van der Waals surface area contributed by atoms with Crippen LogP contribution in [0.2, 0.25) is 0 Å². The molecule has 2 atom stereocenters. The summed E-state index contributed by atoms with van der Waals surface area (Å²) >= 11 is 0. The number of ether oxygens (including phenoxy) is 1. The van der Waals surface area contributed by atoms with Crippen LogP contribution in [0.15, 0.2) is 12.4 Å². The third-order valence-electron chi connectivity index (χ3n) is 2.90. The minimum Gasteiger partial charge on any atom is -0.505 e. The van der Waals surface area contributed by atoms with E-state index in [2.05, 4.69) is 5.10 Å². The third kappa shape index (κ3) is 1.75. The second-order valence-electron chi connectivity index (χ2n) is 3.80. The smallest absolute Gasteiger partial charge is 0.153 e. The van der Waals surface area contributed by atoms with Gasteiger partial charge in [0.1, 0.15) is 0 Å². The number of hydrogen-bond donors (Lipinski definition) is 1. The number of rotatable bonds is 2. The third-order valence-corrected chi connectivity index (χ3v) is 2.90. The molecule has 0 amide bonds. The Labute approximate surface area is 83.5 Å². The highest BCUT2D eigenvalue weighted by molar-refractivity contribution is 5.09. The molecule has 4 nitrogen and oxygen atoms in total. The minimum atomic E-state index is 0.227. The Hall–Kier alpha value is -1.03. The van der Waals surface area contributed by atoms with Gasteiger partial charge in [-0.3, -0.25) is 4.68 Å². The van der Waals surface area contributed by atoms with Gasteiger partial charge in [-0.2, -0.15) is 5.10 Å². The second kappa shape index (κ2) is 4.00. The summed E-state index contributed by atoms with van der Waals surface area (Å²) in [5, 5.41) is 13.3. The lowest BCUT2D eigenvalue weighted by molar-refractivity contribution is 0.0245. The fourth-order valence-corrected chi connectivity index (χ4v) is 2.16. The Morgan fingerprint density at radius 3 is 2.93 bits per heavy atom. The van der Waals surface area contributed by atoms with E-state index in [0.717, 1.165) is 12.8 Å². The van der Waals surface area contributed by atoms with Gasteiger partial charge in [0.25, 0.3) is 0 Å². The Balaban J connectivity index is 2.14. The van der Waals surface area contributed by atoms with Crippen LogP contribution in [-0.4, -0.2) is 28.1 Å². The van der Waals surface area contributed by atoms with Crippen molar-refractivity contribution in [2.75, 3.05) is 7.11 Å². The van der Waals surface area contributed by atoms with Crippen molar-refractivity contribution in [3.05, 3.63) is 12.4 Å². The first-order valence-corrected chi connectivity index (χ1v) is 5.07. The van der Waals surface area contributed by atoms with E-state index in [-0.39, 0.29) is 17.9 Å². The van der Waals surface area contributed by atoms with Crippen molar-refractivity contribution in [1.82, 2.24) is 9.78 Å². The molecule has 1 heterocycles. The molecule has 78 valence electrons. The zero-order valence-electron chi connectivity index (χ0n) is 8.39. The highest BCUT2D eigenvalue weighted by atomic mass is 16.5. The van der Waals surface area contributed by atoms with E-state index in [1.165, 1.54) is 19.0 Å². The van der Waals surface area contributed by atoms with Crippen molar-refractivity contribution >= 4 is 0 Å². The predicted molar refractivity (Wildman–Crippen MR) is 52.2 cm³/mol. The average Bonchev–Trinajstić information content (AvgIpc) is 2.65. The lowest BCUT2D eigenvalue weighted by atomic mass is 9.92. The fraction of sp³-hybridized carbons (Fsp3) is 0.700. The normalized spacial score (nSPS) is 27.8. The summed E-state index contributed by atoms with van der Waals surface area (Å²) in [5.41, 5.74) is 0. The lowest BCUT2D eigenvalue weighted by Gasteiger charge is -2.30. The Bertz CT molecular complexity index is 298. The van der Waals surface area contributed by atoms with E-state index in [1.54, 1.807) is 13.3 Å². The van der Waals surface area contributed by atoms with Crippen molar-refractivity contribution in [2.45, 2.75) is 37.8 Å². The molecule has 0 saturated heterocycles. The first-order valence-electron chi connectivity index (χ1n) is 5.07. The summed E-state index contributed by atoms with van der Waals surface area (Å²) in [6, 6.07) is 0.287. The summed E-state index contributed by atoms with van der Waals surface area (Å²) in [7, 11) is 1.74. The van der Waals surface area contributed by atoms with E-state index in [1.807, 2.05) is 4.68 Å². The molecular weight excluding hydrogens is 180 g/mol. The van der Waals surface area contributed by atoms with Gasteiger partial charge < -0.3 is 9.84 Å². The van der Waals surface area contributed by atoms with Crippen LogP contribution in [0.4, 0.5) is 0 Å². The summed E-state index contributed by atoms with van der Waals surface area (Å²) in [5.74, 6) is 0.227. The zero-order chi connectivity index (χ0) is 9.97. The molecule has 1 aromatic heterocycles. The predicted octanol–water partition coefficient (Wildman–Crippen LogP) is 1.72. The summed E-state index contributed by atoms with van der Waals surface area (Å²) in [4.78, 5) is 0. The summed E-state index contributed by atoms with van der Waals surface area (Å²) < 4.78 is 7.25. The number of aromatic nitrogens is 2. The molecule has 0 aliphatic heterocycles. The molecule has 1 fully saturated rings. The van der Waals surface area contributed by atoms with E-state index in [9.17, 15) is 5.11 Å². The van der Waals surface area contributed by atoms with Crippen LogP contribution in [-0.2, 0) is 4.74 Å². The molecule has 1 aliphatic rings. The highest BCUT2D eigenvalue weighted by Crippen LogP contribution is 2.30. The Morgan fingerprint density at radius 1 is 1.50 bits per heavy atom. The van der Waals surface area contributed by atoms with E-state index < -0.39 is 0 Å². The molecule has 14 heavy (non-hydrogen) atoms. The van der Waals surface area contributed by atoms with Gasteiger partial charge in [0.15, 0.2) is 5.75 Å². The summed E-state index contributed by atoms with van der Waals surface area (Å²) in [6.45, 7) is 0. The molecule has 0 radical (unpaired) electrons. The number of hydrogen-bond acceptors (Lipinski definition) is 3. The standard InChI is InChI=1S/C10H16N2O2/c1-14-10-5-3-2-4-9(10)12-7-8(13)6-11-12/h6-7,9-10,13H,2-5H2,1H3. The van der Waals surface area contributed by atoms with E-state index in [0.29, 0.717) is 0 Å². The van der Waals surface area contributed by atoms with Crippen molar-refractivity contribution < 1.29 is 9.84 Å². The molecule has 0 aromatic carbocycles. The maximum Gasteiger partial charge on any atom is 0.153 e. The van der Waals surface area contributed by atoms with Gasteiger partial charge in [-0.25, -0.2) is 0 Å². The molecule has 0 spiro atoms. The van der Waals surface area contributed by atoms with Crippen molar-refractivity contribution in [1.29, 1.82) is 0 Å². The van der Waals surface area contributed by atoms with E-state index in [4.69, 9.17) is 4.74 Å². The molecule has 2 unspecified atom stereocenters. The van der Waals surface area contributed by atoms with Gasteiger partial charge in [0, 0.05) is 7.11 Å². The maximum atomic E-state index is 9.22. The van der Waals surface area contributed by atoms with Crippen molar-refractivity contribution in [3.63, 3.8) is 0 Å². The lowest BCUT2D eigenvalue weighted by Crippen LogP contribution is -2.29. The van der Waals surface area contributed by atoms with Crippen molar-refractivity contribution in [3.8, 4) is 5.75 Å². The first kappa shape index (κ1) is 9.52. The topological polar surface area (TPSA) is 47.3 Å². The van der Waals surface area contributed by atoms with Gasteiger partial charge in [0.05, 0.1) is 24.5 Å². The molecule has 2 rings (SSSR count). The molecule has 1 saturated carbocycles. The van der Waals surface area contributed by atoms with Crippen molar-refractivity contribution in [2.24, 2.45) is 0 Å². The van der Waals surface area contributed by atoms with Crippen LogP contribution >= 0.6 is 0 Å². The van der Waals surface area contributed by atoms with Crippen LogP contribution in [0.5, 0.6) is 5.75 Å². The monoisotopic (exact) mass is 196 g/mol. The Morgan fingerprint density at radius 2 is 2.29 bits per heavy atom. The van der Waals surface area contributed by atoms with Gasteiger partial charge in [-0.1, -0.05) is 12.8 Å². The van der Waals surface area contributed by atoms with E-state index >= 15 is 0 Å². The molecule has 1 aliphatic carbocycles. The largest absolute Gasteiger partial charge is 0.505 e. The van der Waals surface area contributed by atoms with Crippen LogP contribution < -0.4 is 0 Å². The maximum absolute atomic E-state index is 9.22. The molecule has 0 bridgehead atoms. The summed E-state index contributed by atoms with van der Waals surface area (Å²) in [6.07, 6.45) is 7.99. The first-order chi connectivity index (χ1) is 6.81. The molecule has 1 aromatic rings. The number of aromatic hydroxyl groups is 1. The number of nitrogens with zero attached hydrogens (tertiary/aromatic N) is 2. The Kier molecular flexibility index (Phi) is 2.72. The highest BCUT2D eigenvalue weighted by Gasteiger charge is 2.26. The fourth-order valence-electron chi connectivity index (χ4n) is 2.16. The van der Waals surface area contributed by atoms with Gasteiger partial charge >= 0.3 is 0 Å². The van der Waals surface area contributed by atoms with Crippen LogP contribution in [0.25, 0.3) is 0 Å². The minimum absolute atomic E-state index is 0.227. The molecular formula is C10H16N2O2. The average molecular weight is 196 g/mol. The molecule has 4 heteroatoms. The van der Waals surface area contributed by atoms with Crippen LogP contribution in [0.1, 0.15) is 31.7 Å². The van der Waals surface area contributed by atoms with Crippen LogP contribution in [0, 0.1) is 0 Å². The molecule has 1 N–H and O–H groups in total.